The molecule has 1 atom stereocenters. The minimum Gasteiger partial charge on any atom is -0.361 e. The molecule has 5 rings (SSSR count). The van der Waals surface area contributed by atoms with Crippen LogP contribution >= 0.6 is 0 Å². The van der Waals surface area contributed by atoms with Gasteiger partial charge >= 0.3 is 0 Å². The Morgan fingerprint density at radius 1 is 1.21 bits per heavy atom. The molecule has 0 spiro atoms. The van der Waals surface area contributed by atoms with Crippen molar-refractivity contribution in [1.82, 2.24) is 25.0 Å². The molecule has 0 aliphatic carbocycles. The molecule has 1 N–H and O–H groups in total. The molecule has 29 heavy (non-hydrogen) atoms. The third-order valence-electron chi connectivity index (χ3n) is 5.99. The Kier molecular flexibility index (Phi) is 4.69. The number of aromatic nitrogens is 4. The zero-order valence-corrected chi connectivity index (χ0v) is 16.7. The second-order valence-corrected chi connectivity index (χ2v) is 7.97. The molecule has 2 aliphatic heterocycles. The molecule has 152 valence electrons. The summed E-state index contributed by atoms with van der Waals surface area (Å²) in [6.07, 6.45) is 5.04. The van der Waals surface area contributed by atoms with E-state index in [1.54, 1.807) is 0 Å². The summed E-state index contributed by atoms with van der Waals surface area (Å²) >= 11 is 0. The topological polar surface area (TPSA) is 91.2 Å². The van der Waals surface area contributed by atoms with Gasteiger partial charge in [-0.15, -0.1) is 0 Å². The highest BCUT2D eigenvalue weighted by Gasteiger charge is 2.31. The van der Waals surface area contributed by atoms with Crippen molar-refractivity contribution in [2.75, 3.05) is 31.1 Å². The summed E-state index contributed by atoms with van der Waals surface area (Å²) in [6, 6.07) is 5.87. The third kappa shape index (κ3) is 3.47. The van der Waals surface area contributed by atoms with Gasteiger partial charge in [0.15, 0.2) is 11.5 Å². The minimum absolute atomic E-state index is 0.0688. The molecule has 3 aromatic heterocycles. The van der Waals surface area contributed by atoms with E-state index in [1.165, 1.54) is 0 Å². The highest BCUT2D eigenvalue weighted by Crippen LogP contribution is 2.27. The zero-order valence-electron chi connectivity index (χ0n) is 16.7. The van der Waals surface area contributed by atoms with Gasteiger partial charge in [-0.25, -0.2) is 9.97 Å². The molecule has 2 aliphatic rings. The summed E-state index contributed by atoms with van der Waals surface area (Å²) in [4.78, 5) is 29.7. The van der Waals surface area contributed by atoms with E-state index in [0.29, 0.717) is 17.4 Å². The molecule has 0 radical (unpaired) electrons. The second kappa shape index (κ2) is 7.50. The van der Waals surface area contributed by atoms with E-state index in [-0.39, 0.29) is 5.92 Å². The number of amides is 1. The van der Waals surface area contributed by atoms with Crippen LogP contribution in [0.4, 0.5) is 5.82 Å². The minimum atomic E-state index is 0.0688. The maximum absolute atomic E-state index is 12.8. The monoisotopic (exact) mass is 394 g/mol. The van der Waals surface area contributed by atoms with Gasteiger partial charge in [-0.2, -0.15) is 0 Å². The van der Waals surface area contributed by atoms with Crippen molar-refractivity contribution in [3.05, 3.63) is 24.0 Å². The zero-order chi connectivity index (χ0) is 19.8. The quantitative estimate of drug-likeness (QED) is 0.731. The van der Waals surface area contributed by atoms with Crippen molar-refractivity contribution < 1.29 is 9.32 Å². The molecule has 0 unspecified atom stereocenters. The average Bonchev–Trinajstić information content (AvgIpc) is 3.52. The molecule has 8 heteroatoms. The number of hydrogen-bond acceptors (Lipinski definition) is 6. The SMILES string of the molecule is CCc1cc(-c2nc3ccc(N4CCC[C@@H](C(=O)N5CCCC5)C4)nc3[nH]2)no1. The number of fused-ring (bicyclic) bond motifs is 1. The van der Waals surface area contributed by atoms with E-state index in [4.69, 9.17) is 9.51 Å². The largest absolute Gasteiger partial charge is 0.361 e. The van der Waals surface area contributed by atoms with Gasteiger partial charge in [-0.1, -0.05) is 12.1 Å². The van der Waals surface area contributed by atoms with Crippen molar-refractivity contribution >= 4 is 22.9 Å². The predicted molar refractivity (Wildman–Crippen MR) is 110 cm³/mol. The lowest BCUT2D eigenvalue weighted by atomic mass is 9.96. The van der Waals surface area contributed by atoms with Gasteiger partial charge in [0.2, 0.25) is 5.91 Å². The summed E-state index contributed by atoms with van der Waals surface area (Å²) in [7, 11) is 0. The van der Waals surface area contributed by atoms with Crippen molar-refractivity contribution in [2.45, 2.75) is 39.0 Å². The Hall–Kier alpha value is -2.90. The van der Waals surface area contributed by atoms with E-state index in [2.05, 4.69) is 20.0 Å². The van der Waals surface area contributed by atoms with E-state index in [1.807, 2.05) is 30.0 Å². The number of pyridine rings is 1. The van der Waals surface area contributed by atoms with Gasteiger partial charge in [0.25, 0.3) is 0 Å². The standard InChI is InChI=1S/C21H26N6O2/c1-2-15-12-17(25-29-15)20-22-16-7-8-18(23-19(16)24-20)27-11-5-6-14(13-27)21(28)26-9-3-4-10-26/h7-8,12,14H,2-6,9-11,13H2,1H3,(H,22,23,24)/t14-/m1/s1. The first-order valence-corrected chi connectivity index (χ1v) is 10.6. The van der Waals surface area contributed by atoms with Gasteiger partial charge in [0.1, 0.15) is 22.8 Å². The van der Waals surface area contributed by atoms with Crippen LogP contribution in [0.3, 0.4) is 0 Å². The van der Waals surface area contributed by atoms with Crippen LogP contribution in [-0.4, -0.2) is 57.1 Å². The Morgan fingerprint density at radius 3 is 2.86 bits per heavy atom. The summed E-state index contributed by atoms with van der Waals surface area (Å²) in [6.45, 7) is 5.51. The lowest BCUT2D eigenvalue weighted by Gasteiger charge is -2.34. The molecule has 0 bridgehead atoms. The van der Waals surface area contributed by atoms with Crippen LogP contribution in [0.1, 0.15) is 38.4 Å². The van der Waals surface area contributed by atoms with Crippen LogP contribution in [0.25, 0.3) is 22.7 Å². The number of piperidine rings is 1. The number of nitrogens with zero attached hydrogens (tertiary/aromatic N) is 5. The fraction of sp³-hybridized carbons (Fsp3) is 0.524. The third-order valence-corrected chi connectivity index (χ3v) is 5.99. The molecule has 2 fully saturated rings. The molecular formula is C21H26N6O2. The Balaban J connectivity index is 1.36. The van der Waals surface area contributed by atoms with E-state index < -0.39 is 0 Å². The van der Waals surface area contributed by atoms with Crippen LogP contribution < -0.4 is 4.90 Å². The van der Waals surface area contributed by atoms with E-state index >= 15 is 0 Å². The number of carbonyl (C=O) groups is 1. The number of aromatic amines is 1. The number of nitrogens with one attached hydrogen (secondary N) is 1. The number of H-pyrrole nitrogens is 1. The smallest absolute Gasteiger partial charge is 0.227 e. The maximum atomic E-state index is 12.8. The average molecular weight is 394 g/mol. The summed E-state index contributed by atoms with van der Waals surface area (Å²) in [5.41, 5.74) is 2.22. The summed E-state index contributed by atoms with van der Waals surface area (Å²) in [5, 5.41) is 4.08. The fourth-order valence-electron chi connectivity index (χ4n) is 4.36. The number of rotatable bonds is 4. The molecule has 1 amide bonds. The fourth-order valence-corrected chi connectivity index (χ4v) is 4.36. The Bertz CT molecular complexity index is 1020. The molecule has 5 heterocycles. The number of likely N-dealkylation sites (tertiary alicyclic amines) is 1. The lowest BCUT2D eigenvalue weighted by molar-refractivity contribution is -0.134. The molecule has 0 saturated carbocycles. The number of imidazole rings is 1. The van der Waals surface area contributed by atoms with Gasteiger partial charge < -0.3 is 19.3 Å². The lowest BCUT2D eigenvalue weighted by Crippen LogP contribution is -2.44. The number of hydrogen-bond donors (Lipinski definition) is 1. The van der Waals surface area contributed by atoms with E-state index in [9.17, 15) is 4.79 Å². The van der Waals surface area contributed by atoms with Crippen LogP contribution in [0, 0.1) is 5.92 Å². The number of anilines is 1. The first-order chi connectivity index (χ1) is 14.2. The van der Waals surface area contributed by atoms with Crippen molar-refractivity contribution in [3.63, 3.8) is 0 Å². The normalized spacial score (nSPS) is 20.0. The molecular weight excluding hydrogens is 368 g/mol. The second-order valence-electron chi connectivity index (χ2n) is 7.97. The Morgan fingerprint density at radius 2 is 2.07 bits per heavy atom. The number of carbonyl (C=O) groups excluding carboxylic acids is 1. The molecule has 2 saturated heterocycles. The highest BCUT2D eigenvalue weighted by atomic mass is 16.5. The number of aryl methyl sites for hydroxylation is 1. The van der Waals surface area contributed by atoms with Gasteiger partial charge in [0, 0.05) is 38.7 Å². The van der Waals surface area contributed by atoms with Crippen molar-refractivity contribution in [3.8, 4) is 11.5 Å². The molecule has 3 aromatic rings. The van der Waals surface area contributed by atoms with Gasteiger partial charge in [0.05, 0.1) is 5.92 Å². The van der Waals surface area contributed by atoms with Crippen LogP contribution in [0.5, 0.6) is 0 Å². The van der Waals surface area contributed by atoms with Gasteiger partial charge in [-0.05, 0) is 37.8 Å². The van der Waals surface area contributed by atoms with Gasteiger partial charge in [-0.3, -0.25) is 4.79 Å². The highest BCUT2D eigenvalue weighted by molar-refractivity contribution is 5.80. The van der Waals surface area contributed by atoms with Crippen LogP contribution in [0.15, 0.2) is 22.7 Å². The maximum Gasteiger partial charge on any atom is 0.227 e. The molecule has 8 nitrogen and oxygen atoms in total. The van der Waals surface area contributed by atoms with E-state index in [0.717, 1.165) is 81.0 Å². The summed E-state index contributed by atoms with van der Waals surface area (Å²) in [5.74, 6) is 2.76. The predicted octanol–water partition coefficient (Wildman–Crippen LogP) is 3.01. The molecule has 0 aromatic carbocycles. The summed E-state index contributed by atoms with van der Waals surface area (Å²) < 4.78 is 5.28. The van der Waals surface area contributed by atoms with Crippen LogP contribution in [0.2, 0.25) is 0 Å². The first kappa shape index (κ1) is 18.1. The van der Waals surface area contributed by atoms with Crippen molar-refractivity contribution in [1.29, 1.82) is 0 Å². The Labute approximate surface area is 169 Å². The first-order valence-electron chi connectivity index (χ1n) is 10.6. The van der Waals surface area contributed by atoms with Crippen LogP contribution in [-0.2, 0) is 11.2 Å². The van der Waals surface area contributed by atoms with Crippen molar-refractivity contribution in [2.24, 2.45) is 5.92 Å².